The molecule has 1 amide bonds. The van der Waals surface area contributed by atoms with Gasteiger partial charge in [-0.25, -0.2) is 13.8 Å². The minimum atomic E-state index is -0.872. The molecule has 9 heteroatoms. The number of rotatable bonds is 6. The highest BCUT2D eigenvalue weighted by atomic mass is 35.5. The van der Waals surface area contributed by atoms with Crippen molar-refractivity contribution in [2.75, 3.05) is 11.1 Å². The molecule has 0 aliphatic rings. The molecule has 0 unspecified atom stereocenters. The molecule has 1 aromatic heterocycles. The van der Waals surface area contributed by atoms with E-state index in [-0.39, 0.29) is 23.5 Å². The SMILES string of the molecule is O=C(CSc1nc2ccccc2c(=O)n1Cc1ccccc1Cl)Nc1ccc(F)cc1F. The second kappa shape index (κ2) is 9.50. The maximum absolute atomic E-state index is 13.8. The summed E-state index contributed by atoms with van der Waals surface area (Å²) in [5, 5.41) is 3.68. The van der Waals surface area contributed by atoms with Crippen molar-refractivity contribution in [3.05, 3.63) is 99.3 Å². The van der Waals surface area contributed by atoms with Gasteiger partial charge in [0.1, 0.15) is 11.6 Å². The van der Waals surface area contributed by atoms with Crippen molar-refractivity contribution >= 4 is 45.9 Å². The number of aromatic nitrogens is 2. The third kappa shape index (κ3) is 4.81. The van der Waals surface area contributed by atoms with Crippen LogP contribution in [0.2, 0.25) is 5.02 Å². The maximum Gasteiger partial charge on any atom is 0.262 e. The van der Waals surface area contributed by atoms with Crippen LogP contribution in [-0.4, -0.2) is 21.2 Å². The number of amides is 1. The number of benzene rings is 3. The Labute approximate surface area is 191 Å². The van der Waals surface area contributed by atoms with Crippen LogP contribution in [0, 0.1) is 11.6 Å². The van der Waals surface area contributed by atoms with Crippen molar-refractivity contribution in [3.8, 4) is 0 Å². The van der Waals surface area contributed by atoms with E-state index in [1.165, 1.54) is 4.57 Å². The minimum absolute atomic E-state index is 0.128. The van der Waals surface area contributed by atoms with Gasteiger partial charge in [-0.2, -0.15) is 0 Å². The summed E-state index contributed by atoms with van der Waals surface area (Å²) in [6.45, 7) is 0.173. The molecule has 4 aromatic rings. The summed E-state index contributed by atoms with van der Waals surface area (Å²) in [6.07, 6.45) is 0. The first-order valence-electron chi connectivity index (χ1n) is 9.53. The second-order valence-electron chi connectivity index (χ2n) is 6.86. The van der Waals surface area contributed by atoms with Gasteiger partial charge in [-0.3, -0.25) is 14.2 Å². The van der Waals surface area contributed by atoms with E-state index in [4.69, 9.17) is 11.6 Å². The Morgan fingerprint density at radius 1 is 1.06 bits per heavy atom. The molecule has 0 atom stereocenters. The highest BCUT2D eigenvalue weighted by Gasteiger charge is 2.15. The molecule has 0 saturated heterocycles. The Balaban J connectivity index is 1.62. The van der Waals surface area contributed by atoms with Crippen molar-refractivity contribution in [1.82, 2.24) is 9.55 Å². The predicted molar refractivity (Wildman–Crippen MR) is 122 cm³/mol. The molecule has 32 heavy (non-hydrogen) atoms. The lowest BCUT2D eigenvalue weighted by atomic mass is 10.2. The van der Waals surface area contributed by atoms with Crippen LogP contribution in [0.3, 0.4) is 0 Å². The first-order chi connectivity index (χ1) is 15.4. The van der Waals surface area contributed by atoms with Crippen LogP contribution in [0.1, 0.15) is 5.56 Å². The number of carbonyl (C=O) groups is 1. The molecule has 1 heterocycles. The molecular weight excluding hydrogens is 456 g/mol. The number of hydrogen-bond acceptors (Lipinski definition) is 4. The molecule has 5 nitrogen and oxygen atoms in total. The molecule has 0 radical (unpaired) electrons. The molecule has 0 aliphatic heterocycles. The molecule has 0 saturated carbocycles. The van der Waals surface area contributed by atoms with Crippen LogP contribution in [0.4, 0.5) is 14.5 Å². The lowest BCUT2D eigenvalue weighted by molar-refractivity contribution is -0.113. The van der Waals surface area contributed by atoms with Crippen molar-refractivity contribution in [2.45, 2.75) is 11.7 Å². The van der Waals surface area contributed by atoms with Gasteiger partial charge in [-0.1, -0.05) is 53.7 Å². The number of thioether (sulfide) groups is 1. The highest BCUT2D eigenvalue weighted by Crippen LogP contribution is 2.22. The summed E-state index contributed by atoms with van der Waals surface area (Å²) < 4.78 is 28.3. The fourth-order valence-electron chi connectivity index (χ4n) is 3.10. The topological polar surface area (TPSA) is 64.0 Å². The summed E-state index contributed by atoms with van der Waals surface area (Å²) >= 11 is 7.31. The van der Waals surface area contributed by atoms with Crippen molar-refractivity contribution in [3.63, 3.8) is 0 Å². The van der Waals surface area contributed by atoms with Gasteiger partial charge < -0.3 is 5.32 Å². The Morgan fingerprint density at radius 2 is 1.81 bits per heavy atom. The van der Waals surface area contributed by atoms with Crippen molar-refractivity contribution in [1.29, 1.82) is 0 Å². The fraction of sp³-hybridized carbons (Fsp3) is 0.0870. The Bertz CT molecular complexity index is 1380. The van der Waals surface area contributed by atoms with E-state index < -0.39 is 17.5 Å². The van der Waals surface area contributed by atoms with Gasteiger partial charge in [0.05, 0.1) is 28.9 Å². The number of fused-ring (bicyclic) bond motifs is 1. The third-order valence-corrected chi connectivity index (χ3v) is 6.00. The zero-order valence-corrected chi connectivity index (χ0v) is 18.1. The summed E-state index contributed by atoms with van der Waals surface area (Å²) in [4.78, 5) is 30.1. The van der Waals surface area contributed by atoms with Crippen LogP contribution in [0.25, 0.3) is 10.9 Å². The number of nitrogens with one attached hydrogen (secondary N) is 1. The van der Waals surface area contributed by atoms with E-state index in [1.807, 2.05) is 12.1 Å². The highest BCUT2D eigenvalue weighted by molar-refractivity contribution is 7.99. The smallest absolute Gasteiger partial charge is 0.262 e. The minimum Gasteiger partial charge on any atom is -0.323 e. The molecule has 0 aliphatic carbocycles. The molecule has 1 N–H and O–H groups in total. The number of hydrogen-bond donors (Lipinski definition) is 1. The van der Waals surface area contributed by atoms with Crippen LogP contribution < -0.4 is 10.9 Å². The summed E-state index contributed by atoms with van der Waals surface area (Å²) in [5.41, 5.74) is 0.841. The van der Waals surface area contributed by atoms with E-state index in [1.54, 1.807) is 36.4 Å². The van der Waals surface area contributed by atoms with Crippen molar-refractivity contribution in [2.24, 2.45) is 0 Å². The zero-order valence-electron chi connectivity index (χ0n) is 16.5. The van der Waals surface area contributed by atoms with Crippen molar-refractivity contribution < 1.29 is 13.6 Å². The normalized spacial score (nSPS) is 11.0. The number of anilines is 1. The Hall–Kier alpha value is -3.23. The lowest BCUT2D eigenvalue weighted by Gasteiger charge is -2.14. The number of nitrogens with zero attached hydrogens (tertiary/aromatic N) is 2. The quantitative estimate of drug-likeness (QED) is 0.313. The largest absolute Gasteiger partial charge is 0.323 e. The van der Waals surface area contributed by atoms with Gasteiger partial charge in [-0.05, 0) is 35.9 Å². The number of carbonyl (C=O) groups excluding carboxylic acids is 1. The molecule has 162 valence electrons. The zero-order chi connectivity index (χ0) is 22.7. The molecule has 0 fully saturated rings. The van der Waals surface area contributed by atoms with E-state index in [2.05, 4.69) is 10.3 Å². The van der Waals surface area contributed by atoms with Gasteiger partial charge in [0.15, 0.2) is 5.16 Å². The first kappa shape index (κ1) is 22.0. The van der Waals surface area contributed by atoms with Gasteiger partial charge in [-0.15, -0.1) is 0 Å². The first-order valence-corrected chi connectivity index (χ1v) is 10.9. The van der Waals surface area contributed by atoms with Crippen LogP contribution in [0.15, 0.2) is 76.7 Å². The molecule has 0 bridgehead atoms. The standard InChI is InChI=1S/C23H16ClF2N3O2S/c24-17-7-3-1-5-14(17)12-29-22(31)16-6-2-4-8-19(16)28-23(29)32-13-21(30)27-20-10-9-15(25)11-18(20)26/h1-11H,12-13H2,(H,27,30). The molecule has 3 aromatic carbocycles. The van der Waals surface area contributed by atoms with Gasteiger partial charge >= 0.3 is 0 Å². The lowest BCUT2D eigenvalue weighted by Crippen LogP contribution is -2.25. The number of para-hydroxylation sites is 1. The van der Waals surface area contributed by atoms with E-state index in [0.717, 1.165) is 29.5 Å². The van der Waals surface area contributed by atoms with Gasteiger partial charge in [0, 0.05) is 11.1 Å². The molecule has 4 rings (SSSR count). The van der Waals surface area contributed by atoms with Gasteiger partial charge in [0.2, 0.25) is 5.91 Å². The molecule has 0 spiro atoms. The summed E-state index contributed by atoms with van der Waals surface area (Å²) in [5.74, 6) is -2.27. The van der Waals surface area contributed by atoms with Crippen LogP contribution >= 0.6 is 23.4 Å². The monoisotopic (exact) mass is 471 g/mol. The van der Waals surface area contributed by atoms with E-state index in [9.17, 15) is 18.4 Å². The van der Waals surface area contributed by atoms with E-state index >= 15 is 0 Å². The third-order valence-electron chi connectivity index (χ3n) is 4.65. The molecular formula is C23H16ClF2N3O2S. The summed E-state index contributed by atoms with van der Waals surface area (Å²) in [6, 6.07) is 17.0. The van der Waals surface area contributed by atoms with Crippen LogP contribution in [-0.2, 0) is 11.3 Å². The maximum atomic E-state index is 13.8. The average Bonchev–Trinajstić information content (AvgIpc) is 2.78. The fourth-order valence-corrected chi connectivity index (χ4v) is 4.10. The Kier molecular flexibility index (Phi) is 6.53. The average molecular weight is 472 g/mol. The van der Waals surface area contributed by atoms with Gasteiger partial charge in [0.25, 0.3) is 5.56 Å². The summed E-state index contributed by atoms with van der Waals surface area (Å²) in [7, 11) is 0. The van der Waals surface area contributed by atoms with E-state index in [0.29, 0.717) is 27.1 Å². The Morgan fingerprint density at radius 3 is 2.59 bits per heavy atom. The predicted octanol–water partition coefficient (Wildman–Crippen LogP) is 5.11. The number of halogens is 3. The van der Waals surface area contributed by atoms with Crippen LogP contribution in [0.5, 0.6) is 0 Å². The second-order valence-corrected chi connectivity index (χ2v) is 8.20.